The summed E-state index contributed by atoms with van der Waals surface area (Å²) in [5.41, 5.74) is 5.47. The molecule has 2 saturated heterocycles. The van der Waals surface area contributed by atoms with Gasteiger partial charge in [-0.2, -0.15) is 0 Å². The number of esters is 2. The number of phenols is 1. The van der Waals surface area contributed by atoms with Crippen LogP contribution in [0.4, 0.5) is 5.69 Å². The molecule has 0 saturated carbocycles. The van der Waals surface area contributed by atoms with Gasteiger partial charge in [0.25, 0.3) is 0 Å². The number of nitrogens with two attached hydrogens (primary N) is 1. The van der Waals surface area contributed by atoms with E-state index in [9.17, 15) is 45.3 Å². The van der Waals surface area contributed by atoms with Crippen LogP contribution in [0.1, 0.15) is 17.3 Å². The number of carbonyl (C=O) groups is 2. The van der Waals surface area contributed by atoms with E-state index < -0.39 is 98.4 Å². The zero-order valence-electron chi connectivity index (χ0n) is 21.1. The molecule has 0 bridgehead atoms. The number of rotatable bonds is 9. The summed E-state index contributed by atoms with van der Waals surface area (Å²) in [6.07, 6.45) is -14.8. The second kappa shape index (κ2) is 13.1. The highest BCUT2D eigenvalue weighted by Crippen LogP contribution is 2.29. The van der Waals surface area contributed by atoms with Crippen LogP contribution in [0.2, 0.25) is 0 Å². The molecular weight excluding hydrogens is 528 g/mol. The van der Waals surface area contributed by atoms with Crippen LogP contribution in [0, 0.1) is 5.92 Å². The van der Waals surface area contributed by atoms with Crippen LogP contribution in [-0.4, -0.2) is 129 Å². The number of carbonyl (C=O) groups excluding carboxylic acids is 2. The minimum Gasteiger partial charge on any atom is -0.507 e. The van der Waals surface area contributed by atoms with Gasteiger partial charge in [0.05, 0.1) is 25.4 Å². The maximum atomic E-state index is 12.7. The molecule has 0 amide bonds. The van der Waals surface area contributed by atoms with Crippen molar-refractivity contribution in [1.82, 2.24) is 5.32 Å². The van der Waals surface area contributed by atoms with E-state index in [0.717, 1.165) is 6.07 Å². The molecule has 2 aliphatic rings. The average molecular weight is 563 g/mol. The summed E-state index contributed by atoms with van der Waals surface area (Å²) in [6.45, 7) is 0.154. The molecule has 2 fully saturated rings. The number of anilines is 1. The Bertz CT molecular complexity index is 998. The molecule has 2 heterocycles. The first-order valence-electron chi connectivity index (χ1n) is 12.0. The SMILES string of the molecule is CNC1[C@H](O)OC(CO)[C@H](O)[C@@H]1CO[C@@H]1OC(C(=O)OC(C)OC(=O)c2cc(N)ccc2O)[C@H](O)[C@H](O)C1O. The number of hydrogen-bond donors (Lipinski definition) is 9. The number of nitrogens with one attached hydrogen (secondary N) is 1. The Hall–Kier alpha value is -2.64. The normalized spacial score (nSPS) is 35.7. The van der Waals surface area contributed by atoms with Crippen molar-refractivity contribution in [2.45, 2.75) is 68.5 Å². The molecular formula is C23H34N2O14. The molecule has 3 rings (SSSR count). The molecule has 2 aliphatic heterocycles. The molecule has 1 aromatic carbocycles. The van der Waals surface area contributed by atoms with Gasteiger partial charge >= 0.3 is 11.9 Å². The van der Waals surface area contributed by atoms with E-state index in [4.69, 9.17) is 29.4 Å². The van der Waals surface area contributed by atoms with Crippen LogP contribution in [0.5, 0.6) is 5.75 Å². The number of aliphatic hydroxyl groups excluding tert-OH is 6. The Morgan fingerprint density at radius 2 is 1.74 bits per heavy atom. The van der Waals surface area contributed by atoms with E-state index in [0.29, 0.717) is 0 Å². The van der Waals surface area contributed by atoms with Crippen molar-refractivity contribution < 1.29 is 69.0 Å². The van der Waals surface area contributed by atoms with Gasteiger partial charge in [-0.05, 0) is 25.2 Å². The van der Waals surface area contributed by atoms with Gasteiger partial charge in [0, 0.05) is 18.5 Å². The van der Waals surface area contributed by atoms with Crippen molar-refractivity contribution in [3.63, 3.8) is 0 Å². The highest BCUT2D eigenvalue weighted by molar-refractivity contribution is 5.93. The van der Waals surface area contributed by atoms with Gasteiger partial charge in [-0.1, -0.05) is 0 Å². The molecule has 39 heavy (non-hydrogen) atoms. The van der Waals surface area contributed by atoms with Gasteiger partial charge < -0.3 is 70.5 Å². The van der Waals surface area contributed by atoms with E-state index in [-0.39, 0.29) is 11.3 Å². The molecule has 0 radical (unpaired) electrons. The maximum absolute atomic E-state index is 12.7. The highest BCUT2D eigenvalue weighted by Gasteiger charge is 2.50. The number of benzene rings is 1. The lowest BCUT2D eigenvalue weighted by molar-refractivity contribution is -0.308. The zero-order valence-corrected chi connectivity index (χ0v) is 21.1. The summed E-state index contributed by atoms with van der Waals surface area (Å²) >= 11 is 0. The predicted octanol–water partition coefficient (Wildman–Crippen LogP) is -3.88. The van der Waals surface area contributed by atoms with E-state index in [1.54, 1.807) is 0 Å². The second-order valence-electron chi connectivity index (χ2n) is 9.13. The number of ether oxygens (including phenoxy) is 5. The molecule has 16 nitrogen and oxygen atoms in total. The molecule has 0 aromatic heterocycles. The van der Waals surface area contributed by atoms with Crippen molar-refractivity contribution in [1.29, 1.82) is 0 Å². The Morgan fingerprint density at radius 3 is 2.38 bits per heavy atom. The fourth-order valence-corrected chi connectivity index (χ4v) is 4.33. The van der Waals surface area contributed by atoms with Gasteiger partial charge in [0.2, 0.25) is 6.29 Å². The third kappa shape index (κ3) is 6.93. The summed E-state index contributed by atoms with van der Waals surface area (Å²) < 4.78 is 26.0. The van der Waals surface area contributed by atoms with Crippen LogP contribution in [0.3, 0.4) is 0 Å². The van der Waals surface area contributed by atoms with E-state index in [2.05, 4.69) is 5.32 Å². The topological polar surface area (TPSA) is 260 Å². The first-order chi connectivity index (χ1) is 18.4. The first-order valence-corrected chi connectivity index (χ1v) is 12.0. The molecule has 1 aromatic rings. The maximum Gasteiger partial charge on any atom is 0.345 e. The number of likely N-dealkylation sites (N-methyl/N-ethyl adjacent to an activating group) is 1. The standard InChI is InChI=1S/C23H34N2O14/c1-8(36-20(32)10-5-9(24)3-4-12(10)27)37-22(34)19-17(30)16(29)18(31)23(39-19)35-7-11-14(25-2)21(33)38-13(6-26)15(11)28/h3-5,8,11,13-19,21,23,25-31,33H,6-7,24H2,1-2H3/t8?,11-,13?,14?,15-,16+,17-,18?,19?,21-,23-/m1/s1. The van der Waals surface area contributed by atoms with Crippen LogP contribution in [0.25, 0.3) is 0 Å². The minimum absolute atomic E-state index is 0.164. The number of nitrogen functional groups attached to an aromatic ring is 1. The van der Waals surface area contributed by atoms with Gasteiger partial charge in [0.1, 0.15) is 35.7 Å². The molecule has 5 unspecified atom stereocenters. The van der Waals surface area contributed by atoms with Gasteiger partial charge in [-0.3, -0.25) is 0 Å². The molecule has 0 aliphatic carbocycles. The van der Waals surface area contributed by atoms with E-state index >= 15 is 0 Å². The lowest BCUT2D eigenvalue weighted by Crippen LogP contribution is -2.63. The lowest BCUT2D eigenvalue weighted by atomic mass is 9.88. The van der Waals surface area contributed by atoms with Gasteiger partial charge in [-0.15, -0.1) is 0 Å². The Labute approximate surface area is 222 Å². The van der Waals surface area contributed by atoms with Crippen molar-refractivity contribution in [2.24, 2.45) is 5.92 Å². The lowest BCUT2D eigenvalue weighted by Gasteiger charge is -2.44. The van der Waals surface area contributed by atoms with Crippen LogP contribution in [-0.2, 0) is 28.5 Å². The quantitative estimate of drug-likeness (QED) is 0.0603. The summed E-state index contributed by atoms with van der Waals surface area (Å²) in [5, 5.41) is 73.6. The molecule has 220 valence electrons. The largest absolute Gasteiger partial charge is 0.507 e. The number of hydrogen-bond acceptors (Lipinski definition) is 16. The van der Waals surface area contributed by atoms with Gasteiger partial charge in [-0.25, -0.2) is 9.59 Å². The first kappa shape index (κ1) is 30.9. The molecule has 11 atom stereocenters. The zero-order chi connectivity index (χ0) is 29.0. The van der Waals surface area contributed by atoms with Crippen LogP contribution < -0.4 is 11.1 Å². The fourth-order valence-electron chi connectivity index (χ4n) is 4.33. The summed E-state index contributed by atoms with van der Waals surface area (Å²) in [6, 6.07) is 2.81. The monoisotopic (exact) mass is 562 g/mol. The smallest absolute Gasteiger partial charge is 0.345 e. The Morgan fingerprint density at radius 1 is 1.05 bits per heavy atom. The van der Waals surface area contributed by atoms with Crippen molar-refractivity contribution in [2.75, 3.05) is 26.0 Å². The van der Waals surface area contributed by atoms with E-state index in [1.165, 1.54) is 26.1 Å². The number of phenolic OH excluding ortho intramolecular Hbond substituents is 1. The second-order valence-corrected chi connectivity index (χ2v) is 9.13. The van der Waals surface area contributed by atoms with E-state index in [1.807, 2.05) is 0 Å². The third-order valence-corrected chi connectivity index (χ3v) is 6.47. The third-order valence-electron chi connectivity index (χ3n) is 6.47. The van der Waals surface area contributed by atoms with Crippen LogP contribution in [0.15, 0.2) is 18.2 Å². The number of aromatic hydroxyl groups is 1. The summed E-state index contributed by atoms with van der Waals surface area (Å²) in [5.74, 6) is -3.68. The highest BCUT2D eigenvalue weighted by atomic mass is 16.7. The Balaban J connectivity index is 1.64. The minimum atomic E-state index is -1.97. The molecule has 10 N–H and O–H groups in total. The van der Waals surface area contributed by atoms with Crippen LogP contribution >= 0.6 is 0 Å². The van der Waals surface area contributed by atoms with Crippen molar-refractivity contribution >= 4 is 17.6 Å². The number of aliphatic hydroxyl groups is 6. The average Bonchev–Trinajstić information content (AvgIpc) is 2.89. The summed E-state index contributed by atoms with van der Waals surface area (Å²) in [7, 11) is 1.48. The Kier molecular flexibility index (Phi) is 10.4. The van der Waals surface area contributed by atoms with Crippen molar-refractivity contribution in [3.05, 3.63) is 23.8 Å². The molecule has 16 heteroatoms. The van der Waals surface area contributed by atoms with Crippen molar-refractivity contribution in [3.8, 4) is 5.75 Å². The summed E-state index contributed by atoms with van der Waals surface area (Å²) in [4.78, 5) is 25.0. The predicted molar refractivity (Wildman–Crippen MR) is 126 cm³/mol. The molecule has 0 spiro atoms. The fraction of sp³-hybridized carbons (Fsp3) is 0.652. The van der Waals surface area contributed by atoms with Gasteiger partial charge in [0.15, 0.2) is 18.7 Å².